The van der Waals surface area contributed by atoms with Crippen LogP contribution in [0.3, 0.4) is 0 Å². The Morgan fingerprint density at radius 2 is 2.00 bits per heavy atom. The Kier molecular flexibility index (Phi) is 5.06. The van der Waals surface area contributed by atoms with E-state index in [4.69, 9.17) is 5.11 Å². The van der Waals surface area contributed by atoms with Gasteiger partial charge >= 0.3 is 5.97 Å². The predicted molar refractivity (Wildman–Crippen MR) is 79.2 cm³/mol. The Labute approximate surface area is 123 Å². The van der Waals surface area contributed by atoms with E-state index < -0.39 is 5.97 Å². The summed E-state index contributed by atoms with van der Waals surface area (Å²) in [5, 5.41) is 8.96. The number of carbonyl (C=O) groups excluding carboxylic acids is 1. The largest absolute Gasteiger partial charge is 0.481 e. The third kappa shape index (κ3) is 3.54. The summed E-state index contributed by atoms with van der Waals surface area (Å²) in [5.74, 6) is -0.893. The molecule has 0 aromatic heterocycles. The lowest BCUT2D eigenvalue weighted by atomic mass is 9.98. The molecule has 0 spiro atoms. The van der Waals surface area contributed by atoms with Gasteiger partial charge in [0.25, 0.3) is 5.91 Å². The van der Waals surface area contributed by atoms with Crippen molar-refractivity contribution in [1.82, 2.24) is 4.90 Å². The van der Waals surface area contributed by atoms with E-state index in [-0.39, 0.29) is 18.4 Å². The molecule has 1 aliphatic heterocycles. The number of rotatable bonds is 4. The maximum Gasteiger partial charge on any atom is 0.305 e. The Morgan fingerprint density at radius 3 is 2.60 bits per heavy atom. The highest BCUT2D eigenvalue weighted by Crippen LogP contribution is 2.23. The molecule has 4 nitrogen and oxygen atoms in total. The van der Waals surface area contributed by atoms with Crippen LogP contribution in [-0.4, -0.2) is 40.7 Å². The van der Waals surface area contributed by atoms with E-state index >= 15 is 0 Å². The number of likely N-dealkylation sites (tertiary alicyclic amines) is 1. The van der Waals surface area contributed by atoms with Gasteiger partial charge < -0.3 is 10.0 Å². The van der Waals surface area contributed by atoms with Crippen LogP contribution < -0.4 is 0 Å². The van der Waals surface area contributed by atoms with E-state index in [1.165, 1.54) is 0 Å². The maximum atomic E-state index is 12.5. The summed E-state index contributed by atoms with van der Waals surface area (Å²) >= 11 is 1.63. The van der Waals surface area contributed by atoms with Gasteiger partial charge in [0.2, 0.25) is 0 Å². The van der Waals surface area contributed by atoms with Gasteiger partial charge in [-0.3, -0.25) is 9.59 Å². The first kappa shape index (κ1) is 14.9. The summed E-state index contributed by atoms with van der Waals surface area (Å²) < 4.78 is 0. The van der Waals surface area contributed by atoms with Gasteiger partial charge in [0.05, 0.1) is 6.42 Å². The third-order valence-electron chi connectivity index (χ3n) is 3.64. The van der Waals surface area contributed by atoms with Gasteiger partial charge in [-0.05, 0) is 49.8 Å². The number of nitrogens with zero attached hydrogens (tertiary/aromatic N) is 1. The van der Waals surface area contributed by atoms with Crippen molar-refractivity contribution in [2.24, 2.45) is 0 Å². The zero-order valence-corrected chi connectivity index (χ0v) is 12.4. The molecular weight excluding hydrogens is 274 g/mol. The second-order valence-corrected chi connectivity index (χ2v) is 5.85. The van der Waals surface area contributed by atoms with Crippen molar-refractivity contribution in [3.05, 3.63) is 29.8 Å². The monoisotopic (exact) mass is 293 g/mol. The number of aliphatic carboxylic acids is 1. The smallest absolute Gasteiger partial charge is 0.305 e. The van der Waals surface area contributed by atoms with Crippen molar-refractivity contribution in [3.8, 4) is 0 Å². The Bertz CT molecular complexity index is 486. The molecule has 0 radical (unpaired) electrons. The molecule has 5 heteroatoms. The highest BCUT2D eigenvalue weighted by atomic mass is 32.2. The minimum Gasteiger partial charge on any atom is -0.481 e. The SMILES string of the molecule is CSc1ccc(C(=O)N2CCCC[C@H]2CC(=O)O)cc1. The number of amides is 1. The molecule has 0 aliphatic carbocycles. The first-order chi connectivity index (χ1) is 9.61. The van der Waals surface area contributed by atoms with Crippen molar-refractivity contribution in [1.29, 1.82) is 0 Å². The molecule has 1 saturated heterocycles. The number of hydrogen-bond donors (Lipinski definition) is 1. The zero-order valence-electron chi connectivity index (χ0n) is 11.5. The van der Waals surface area contributed by atoms with Crippen molar-refractivity contribution >= 4 is 23.6 Å². The molecule has 0 unspecified atom stereocenters. The fourth-order valence-corrected chi connectivity index (χ4v) is 2.99. The number of thioether (sulfide) groups is 1. The van der Waals surface area contributed by atoms with E-state index in [1.807, 2.05) is 30.5 Å². The number of carboxylic acid groups (broad SMARTS) is 1. The number of carboxylic acids is 1. The number of carbonyl (C=O) groups is 2. The minimum atomic E-state index is -0.840. The molecule has 1 aromatic rings. The summed E-state index contributed by atoms with van der Waals surface area (Å²) in [4.78, 5) is 26.3. The number of benzene rings is 1. The molecule has 0 saturated carbocycles. The molecule has 1 amide bonds. The van der Waals surface area contributed by atoms with Gasteiger partial charge in [-0.1, -0.05) is 0 Å². The average Bonchev–Trinajstić information content (AvgIpc) is 2.46. The first-order valence-corrected chi connectivity index (χ1v) is 8.01. The topological polar surface area (TPSA) is 57.6 Å². The quantitative estimate of drug-likeness (QED) is 0.867. The van der Waals surface area contributed by atoms with Crippen molar-refractivity contribution in [2.45, 2.75) is 36.6 Å². The number of hydrogen-bond acceptors (Lipinski definition) is 3. The second-order valence-electron chi connectivity index (χ2n) is 4.97. The molecule has 1 atom stereocenters. The first-order valence-electron chi connectivity index (χ1n) is 6.78. The fraction of sp³-hybridized carbons (Fsp3) is 0.467. The maximum absolute atomic E-state index is 12.5. The van der Waals surface area contributed by atoms with Crippen LogP contribution in [0.2, 0.25) is 0 Å². The van der Waals surface area contributed by atoms with Gasteiger partial charge in [-0.15, -0.1) is 11.8 Å². The molecular formula is C15H19NO3S. The van der Waals surface area contributed by atoms with Crippen LogP contribution in [0.5, 0.6) is 0 Å². The normalized spacial score (nSPS) is 18.9. The van der Waals surface area contributed by atoms with Crippen molar-refractivity contribution in [3.63, 3.8) is 0 Å². The molecule has 1 fully saturated rings. The van der Waals surface area contributed by atoms with E-state index in [1.54, 1.807) is 16.7 Å². The molecule has 2 rings (SSSR count). The average molecular weight is 293 g/mol. The van der Waals surface area contributed by atoms with E-state index in [9.17, 15) is 9.59 Å². The van der Waals surface area contributed by atoms with Crippen LogP contribution in [0.15, 0.2) is 29.2 Å². The molecule has 1 N–H and O–H groups in total. The van der Waals surface area contributed by atoms with Gasteiger partial charge in [-0.25, -0.2) is 0 Å². The van der Waals surface area contributed by atoms with Gasteiger partial charge in [-0.2, -0.15) is 0 Å². The molecule has 0 bridgehead atoms. The lowest BCUT2D eigenvalue weighted by Crippen LogP contribution is -2.44. The summed E-state index contributed by atoms with van der Waals surface area (Å²) in [6.45, 7) is 0.654. The highest BCUT2D eigenvalue weighted by Gasteiger charge is 2.28. The van der Waals surface area contributed by atoms with E-state index in [2.05, 4.69) is 0 Å². The predicted octanol–water partition coefficient (Wildman–Crippen LogP) is 2.88. The minimum absolute atomic E-state index is 0.0363. The van der Waals surface area contributed by atoms with Crippen LogP contribution in [0.25, 0.3) is 0 Å². The van der Waals surface area contributed by atoms with Crippen LogP contribution >= 0.6 is 11.8 Å². The lowest BCUT2D eigenvalue weighted by molar-refractivity contribution is -0.138. The van der Waals surface area contributed by atoms with Crippen LogP contribution in [0.1, 0.15) is 36.0 Å². The summed E-state index contributed by atoms with van der Waals surface area (Å²) in [6.07, 6.45) is 4.75. The molecule has 1 aromatic carbocycles. The van der Waals surface area contributed by atoms with Gasteiger partial charge in [0.15, 0.2) is 0 Å². The molecule has 20 heavy (non-hydrogen) atoms. The molecule has 1 aliphatic rings. The van der Waals surface area contributed by atoms with Crippen LogP contribution in [0.4, 0.5) is 0 Å². The highest BCUT2D eigenvalue weighted by molar-refractivity contribution is 7.98. The zero-order chi connectivity index (χ0) is 14.5. The summed E-state index contributed by atoms with van der Waals surface area (Å²) in [7, 11) is 0. The summed E-state index contributed by atoms with van der Waals surface area (Å²) in [6, 6.07) is 7.32. The second kappa shape index (κ2) is 6.79. The fourth-order valence-electron chi connectivity index (χ4n) is 2.58. The number of piperidine rings is 1. The van der Waals surface area contributed by atoms with Crippen molar-refractivity contribution < 1.29 is 14.7 Å². The Balaban J connectivity index is 2.13. The van der Waals surface area contributed by atoms with E-state index in [0.717, 1.165) is 24.2 Å². The van der Waals surface area contributed by atoms with E-state index in [0.29, 0.717) is 12.1 Å². The van der Waals surface area contributed by atoms with Crippen molar-refractivity contribution in [2.75, 3.05) is 12.8 Å². The van der Waals surface area contributed by atoms with Gasteiger partial charge in [0.1, 0.15) is 0 Å². The van der Waals surface area contributed by atoms with Crippen LogP contribution in [-0.2, 0) is 4.79 Å². The Morgan fingerprint density at radius 1 is 1.30 bits per heavy atom. The molecule has 108 valence electrons. The standard InChI is InChI=1S/C15H19NO3S/c1-20-13-7-5-11(6-8-13)15(19)16-9-3-2-4-12(16)10-14(17)18/h5-8,12H,2-4,9-10H2,1H3,(H,17,18)/t12-/m0/s1. The third-order valence-corrected chi connectivity index (χ3v) is 4.38. The lowest BCUT2D eigenvalue weighted by Gasteiger charge is -2.35. The summed E-state index contributed by atoms with van der Waals surface area (Å²) in [5.41, 5.74) is 0.639. The Hall–Kier alpha value is -1.49. The van der Waals surface area contributed by atoms with Crippen LogP contribution in [0, 0.1) is 0 Å². The van der Waals surface area contributed by atoms with Gasteiger partial charge in [0, 0.05) is 23.0 Å². The molecule has 1 heterocycles.